The molecule has 0 bridgehead atoms. The lowest BCUT2D eigenvalue weighted by Gasteiger charge is -2.52. The maximum absolute atomic E-state index is 14.8. The topological polar surface area (TPSA) is 155 Å². The van der Waals surface area contributed by atoms with E-state index in [-0.39, 0.29) is 43.6 Å². The smallest absolute Gasteiger partial charge is 0.434 e. The van der Waals surface area contributed by atoms with Gasteiger partial charge in [0.1, 0.15) is 23.0 Å². The summed E-state index contributed by atoms with van der Waals surface area (Å²) in [4.78, 5) is 57.0. The van der Waals surface area contributed by atoms with Gasteiger partial charge in [-0.1, -0.05) is 74.5 Å². The van der Waals surface area contributed by atoms with Crippen LogP contribution >= 0.6 is 0 Å². The Kier molecular flexibility index (Phi) is 12.8. The average molecular weight is 747 g/mol. The molecule has 0 aliphatic heterocycles. The number of hydrogen-bond donors (Lipinski definition) is 2. The van der Waals surface area contributed by atoms with E-state index < -0.39 is 35.4 Å². The molecule has 1 aliphatic rings. The van der Waals surface area contributed by atoms with Crippen molar-refractivity contribution in [2.24, 2.45) is 23.7 Å². The van der Waals surface area contributed by atoms with Crippen LogP contribution in [0.15, 0.2) is 118 Å². The number of benzene rings is 4. The highest BCUT2D eigenvalue weighted by Gasteiger charge is 2.59. The number of carboxylic acid groups (broad SMARTS) is 1. The molecular weight excluding hydrogens is 700 g/mol. The van der Waals surface area contributed by atoms with Crippen molar-refractivity contribution in [2.45, 2.75) is 52.6 Å². The van der Waals surface area contributed by atoms with Crippen LogP contribution in [-0.2, 0) is 33.9 Å². The maximum Gasteiger partial charge on any atom is 0.434 e. The third-order valence-corrected chi connectivity index (χ3v) is 9.89. The molecule has 0 saturated heterocycles. The molecule has 1 aromatic heterocycles. The van der Waals surface area contributed by atoms with Crippen molar-refractivity contribution in [2.75, 3.05) is 13.1 Å². The number of aromatic nitrogens is 2. The van der Waals surface area contributed by atoms with E-state index in [1.165, 1.54) is 0 Å². The Morgan fingerprint density at radius 3 is 1.51 bits per heavy atom. The number of para-hydroxylation sites is 2. The first kappa shape index (κ1) is 38.6. The van der Waals surface area contributed by atoms with E-state index in [2.05, 4.69) is 10.2 Å². The van der Waals surface area contributed by atoms with Crippen LogP contribution in [0.4, 0.5) is 0 Å². The number of carboxylic acids is 1. The number of amides is 2. The van der Waals surface area contributed by atoms with Gasteiger partial charge in [0.25, 0.3) is 0 Å². The molecule has 0 radical (unpaired) electrons. The first-order valence-corrected chi connectivity index (χ1v) is 18.7. The van der Waals surface area contributed by atoms with Gasteiger partial charge in [-0.3, -0.25) is 14.4 Å². The Hall–Kier alpha value is -6.17. The summed E-state index contributed by atoms with van der Waals surface area (Å²) >= 11 is 0. The second-order valence-corrected chi connectivity index (χ2v) is 13.8. The first-order chi connectivity index (χ1) is 26.7. The minimum absolute atomic E-state index is 0.0268. The highest BCUT2D eigenvalue weighted by molar-refractivity contribution is 5.91. The minimum Gasteiger partial charge on any atom is -0.481 e. The van der Waals surface area contributed by atoms with Crippen LogP contribution in [0.2, 0.25) is 0 Å². The van der Waals surface area contributed by atoms with Crippen LogP contribution < -0.4 is 15.2 Å². The molecule has 4 atom stereocenters. The lowest BCUT2D eigenvalue weighted by molar-refractivity contribution is -0.171. The monoisotopic (exact) mass is 746 g/mol. The van der Waals surface area contributed by atoms with Gasteiger partial charge < -0.3 is 28.8 Å². The van der Waals surface area contributed by atoms with E-state index in [0.29, 0.717) is 48.9 Å². The van der Waals surface area contributed by atoms with E-state index in [9.17, 15) is 24.3 Å². The second kappa shape index (κ2) is 18.2. The molecule has 12 nitrogen and oxygen atoms in total. The van der Waals surface area contributed by atoms with Gasteiger partial charge in [0.2, 0.25) is 17.7 Å². The molecule has 1 fully saturated rings. The molecule has 5 aromatic rings. The number of H-pyrrole nitrogens is 1. The van der Waals surface area contributed by atoms with Crippen molar-refractivity contribution in [1.82, 2.24) is 20.0 Å². The first-order valence-electron chi connectivity index (χ1n) is 18.7. The molecular formula is C43H46N4O8. The van der Waals surface area contributed by atoms with Crippen molar-refractivity contribution < 1.29 is 33.4 Å². The Bertz CT molecular complexity index is 2070. The molecule has 1 saturated carbocycles. The quantitative estimate of drug-likeness (QED) is 0.0938. The van der Waals surface area contributed by atoms with E-state index in [4.69, 9.17) is 13.9 Å². The number of rotatable bonds is 18. The predicted molar refractivity (Wildman–Crippen MR) is 204 cm³/mol. The van der Waals surface area contributed by atoms with Gasteiger partial charge in [0, 0.05) is 39.0 Å². The zero-order valence-corrected chi connectivity index (χ0v) is 31.0. The van der Waals surface area contributed by atoms with Crippen LogP contribution in [0.3, 0.4) is 0 Å². The van der Waals surface area contributed by atoms with Crippen molar-refractivity contribution in [3.8, 4) is 23.0 Å². The fourth-order valence-electron chi connectivity index (χ4n) is 7.41. The SMILES string of the molecule is CCCN(Cc1ccc(Oc2ccccc2)cc1)C(=O)C1C(CC(=O)O)C(Cc2n[nH]c(=O)o2)C1C(=O)N(CCC)Cc1ccc(Oc2ccccc2)cc1. The lowest BCUT2D eigenvalue weighted by Crippen LogP contribution is -2.61. The zero-order chi connectivity index (χ0) is 38.7. The van der Waals surface area contributed by atoms with Gasteiger partial charge >= 0.3 is 11.7 Å². The number of nitrogens with one attached hydrogen (secondary N) is 1. The number of carbonyl (C=O) groups is 3. The predicted octanol–water partition coefficient (Wildman–Crippen LogP) is 7.32. The van der Waals surface area contributed by atoms with Gasteiger partial charge in [-0.15, -0.1) is 5.10 Å². The van der Waals surface area contributed by atoms with Crippen molar-refractivity contribution in [3.05, 3.63) is 137 Å². The number of aromatic amines is 1. The Morgan fingerprint density at radius 1 is 0.673 bits per heavy atom. The molecule has 4 unspecified atom stereocenters. The molecule has 286 valence electrons. The van der Waals surface area contributed by atoms with Crippen molar-refractivity contribution in [3.63, 3.8) is 0 Å². The molecule has 1 heterocycles. The van der Waals surface area contributed by atoms with Crippen LogP contribution in [0, 0.1) is 23.7 Å². The van der Waals surface area contributed by atoms with Crippen LogP contribution in [0.5, 0.6) is 23.0 Å². The summed E-state index contributed by atoms with van der Waals surface area (Å²) in [6.45, 7) is 5.32. The average Bonchev–Trinajstić information content (AvgIpc) is 3.61. The summed E-state index contributed by atoms with van der Waals surface area (Å²) in [6, 6.07) is 33.9. The van der Waals surface area contributed by atoms with E-state index in [1.807, 2.05) is 123 Å². The Balaban J connectivity index is 1.26. The number of nitrogens with zero attached hydrogens (tertiary/aromatic N) is 3. The maximum atomic E-state index is 14.8. The molecule has 4 aromatic carbocycles. The van der Waals surface area contributed by atoms with Gasteiger partial charge in [0.05, 0.1) is 11.8 Å². The fourth-order valence-corrected chi connectivity index (χ4v) is 7.41. The second-order valence-electron chi connectivity index (χ2n) is 13.8. The Labute approximate surface area is 319 Å². The van der Waals surface area contributed by atoms with Crippen LogP contribution in [-0.4, -0.2) is 56.0 Å². The van der Waals surface area contributed by atoms with Gasteiger partial charge in [0.15, 0.2) is 0 Å². The molecule has 55 heavy (non-hydrogen) atoms. The number of ether oxygens (including phenoxy) is 2. The zero-order valence-electron chi connectivity index (χ0n) is 31.0. The molecule has 12 heteroatoms. The van der Waals surface area contributed by atoms with E-state index in [1.54, 1.807) is 9.80 Å². The summed E-state index contributed by atoms with van der Waals surface area (Å²) in [5, 5.41) is 16.3. The summed E-state index contributed by atoms with van der Waals surface area (Å²) in [5.41, 5.74) is 1.73. The molecule has 0 spiro atoms. The summed E-state index contributed by atoms with van der Waals surface area (Å²) < 4.78 is 17.1. The summed E-state index contributed by atoms with van der Waals surface area (Å²) in [7, 11) is 0. The van der Waals surface area contributed by atoms with Gasteiger partial charge in [-0.2, -0.15) is 0 Å². The Morgan fingerprint density at radius 2 is 1.11 bits per heavy atom. The largest absolute Gasteiger partial charge is 0.481 e. The van der Waals surface area contributed by atoms with Crippen molar-refractivity contribution >= 4 is 17.8 Å². The van der Waals surface area contributed by atoms with Gasteiger partial charge in [-0.05, 0) is 84.3 Å². The summed E-state index contributed by atoms with van der Waals surface area (Å²) in [5.74, 6) is -2.67. The third kappa shape index (κ3) is 9.88. The normalized spacial score (nSPS) is 17.5. The molecule has 6 rings (SSSR count). The van der Waals surface area contributed by atoms with Crippen LogP contribution in [0.1, 0.15) is 50.1 Å². The number of hydrogen-bond acceptors (Lipinski definition) is 8. The molecule has 2 N–H and O–H groups in total. The van der Waals surface area contributed by atoms with Crippen molar-refractivity contribution in [1.29, 1.82) is 0 Å². The van der Waals surface area contributed by atoms with Crippen LogP contribution in [0.25, 0.3) is 0 Å². The molecule has 1 aliphatic carbocycles. The number of aliphatic carboxylic acids is 1. The molecule has 2 amide bonds. The third-order valence-electron chi connectivity index (χ3n) is 9.89. The highest BCUT2D eigenvalue weighted by atomic mass is 16.5. The highest BCUT2D eigenvalue weighted by Crippen LogP contribution is 2.51. The lowest BCUT2D eigenvalue weighted by atomic mass is 9.53. The standard InChI is InChI=1S/C43H46N4O8/c1-3-23-46(27-29-15-19-33(20-16-29)53-31-11-7-5-8-12-31)41(50)39-35(25-37-44-45-43(52)55-37)36(26-38(48)49)40(39)42(51)47(24-4-2)28-30-17-21-34(22-18-30)54-32-13-9-6-10-14-32/h5-22,35-36,39-40H,3-4,23-28H2,1-2H3,(H,45,52)(H,48,49). The fraction of sp³-hybridized carbons (Fsp3) is 0.326. The number of carbonyl (C=O) groups excluding carboxylic acids is 2. The van der Waals surface area contributed by atoms with E-state index >= 15 is 0 Å². The minimum atomic E-state index is -1.08. The summed E-state index contributed by atoms with van der Waals surface area (Å²) in [6.07, 6.45) is 1.01. The van der Waals surface area contributed by atoms with Gasteiger partial charge in [-0.25, -0.2) is 9.89 Å². The van der Waals surface area contributed by atoms with E-state index in [0.717, 1.165) is 11.1 Å².